The minimum absolute atomic E-state index is 0.262. The van der Waals surface area contributed by atoms with Gasteiger partial charge in [-0.3, -0.25) is 9.48 Å². The highest BCUT2D eigenvalue weighted by atomic mass is 16.1. The van der Waals surface area contributed by atoms with Gasteiger partial charge in [-0.2, -0.15) is 5.10 Å². The SMILES string of the molecule is CC(C)C(C=O)=Cc1cnn(C)c1. The Bertz CT molecular complexity index is 323. The van der Waals surface area contributed by atoms with Gasteiger partial charge < -0.3 is 0 Å². The Labute approximate surface area is 78.1 Å². The number of allylic oxidation sites excluding steroid dienone is 1. The first kappa shape index (κ1) is 9.71. The van der Waals surface area contributed by atoms with E-state index < -0.39 is 0 Å². The third kappa shape index (κ3) is 2.54. The normalized spacial score (nSPS) is 12.2. The molecule has 3 nitrogen and oxygen atoms in total. The molecule has 1 aromatic heterocycles. The smallest absolute Gasteiger partial charge is 0.146 e. The van der Waals surface area contributed by atoms with Gasteiger partial charge in [0.2, 0.25) is 0 Å². The summed E-state index contributed by atoms with van der Waals surface area (Å²) in [5.41, 5.74) is 1.77. The van der Waals surface area contributed by atoms with Crippen LogP contribution in [0.2, 0.25) is 0 Å². The van der Waals surface area contributed by atoms with Crippen LogP contribution >= 0.6 is 0 Å². The Morgan fingerprint density at radius 3 is 2.69 bits per heavy atom. The van der Waals surface area contributed by atoms with Crippen molar-refractivity contribution in [3.05, 3.63) is 23.5 Å². The van der Waals surface area contributed by atoms with Crippen molar-refractivity contribution in [1.82, 2.24) is 9.78 Å². The van der Waals surface area contributed by atoms with Crippen molar-refractivity contribution in [1.29, 1.82) is 0 Å². The van der Waals surface area contributed by atoms with E-state index in [1.54, 1.807) is 10.9 Å². The quantitative estimate of drug-likeness (QED) is 0.521. The molecule has 0 fully saturated rings. The lowest BCUT2D eigenvalue weighted by Crippen LogP contribution is -1.94. The molecular formula is C10H14N2O. The van der Waals surface area contributed by atoms with Gasteiger partial charge in [-0.15, -0.1) is 0 Å². The van der Waals surface area contributed by atoms with Crippen molar-refractivity contribution in [2.24, 2.45) is 13.0 Å². The molecule has 0 N–H and O–H groups in total. The lowest BCUT2D eigenvalue weighted by molar-refractivity contribution is -0.105. The first-order valence-corrected chi connectivity index (χ1v) is 4.29. The molecule has 0 saturated heterocycles. The number of aromatic nitrogens is 2. The number of carbonyl (C=O) groups is 1. The van der Waals surface area contributed by atoms with Gasteiger partial charge in [0.1, 0.15) is 6.29 Å². The maximum Gasteiger partial charge on any atom is 0.146 e. The average Bonchev–Trinajstić information content (AvgIpc) is 2.46. The first-order valence-electron chi connectivity index (χ1n) is 4.29. The van der Waals surface area contributed by atoms with Gasteiger partial charge in [-0.05, 0) is 17.6 Å². The van der Waals surface area contributed by atoms with E-state index in [0.717, 1.165) is 17.4 Å². The number of aryl methyl sites for hydroxylation is 1. The zero-order valence-electron chi connectivity index (χ0n) is 8.19. The standard InChI is InChI=1S/C10H14N2O/c1-8(2)10(7-13)4-9-5-11-12(3)6-9/h4-8H,1-3H3. The van der Waals surface area contributed by atoms with Crippen LogP contribution in [-0.2, 0) is 11.8 Å². The Morgan fingerprint density at radius 2 is 2.31 bits per heavy atom. The number of rotatable bonds is 3. The molecule has 1 aromatic rings. The summed E-state index contributed by atoms with van der Waals surface area (Å²) in [6, 6.07) is 0. The van der Waals surface area contributed by atoms with E-state index in [1.165, 1.54) is 0 Å². The van der Waals surface area contributed by atoms with Crippen molar-refractivity contribution in [3.63, 3.8) is 0 Å². The van der Waals surface area contributed by atoms with E-state index in [0.29, 0.717) is 0 Å². The second kappa shape index (κ2) is 4.03. The van der Waals surface area contributed by atoms with Crippen molar-refractivity contribution >= 4 is 12.4 Å². The van der Waals surface area contributed by atoms with E-state index >= 15 is 0 Å². The van der Waals surface area contributed by atoms with Crippen LogP contribution in [0.15, 0.2) is 18.0 Å². The molecule has 1 rings (SSSR count). The zero-order chi connectivity index (χ0) is 9.84. The molecule has 0 aliphatic heterocycles. The molecule has 0 spiro atoms. The Hall–Kier alpha value is -1.38. The van der Waals surface area contributed by atoms with Crippen LogP contribution in [0, 0.1) is 5.92 Å². The molecule has 70 valence electrons. The highest BCUT2D eigenvalue weighted by Crippen LogP contribution is 2.11. The third-order valence-corrected chi connectivity index (χ3v) is 1.86. The lowest BCUT2D eigenvalue weighted by atomic mass is 10.0. The minimum atomic E-state index is 0.262. The van der Waals surface area contributed by atoms with E-state index in [2.05, 4.69) is 5.10 Å². The lowest BCUT2D eigenvalue weighted by Gasteiger charge is -2.01. The van der Waals surface area contributed by atoms with Crippen molar-refractivity contribution < 1.29 is 4.79 Å². The largest absolute Gasteiger partial charge is 0.298 e. The van der Waals surface area contributed by atoms with Gasteiger partial charge >= 0.3 is 0 Å². The fraction of sp³-hybridized carbons (Fsp3) is 0.400. The summed E-state index contributed by atoms with van der Waals surface area (Å²) >= 11 is 0. The van der Waals surface area contributed by atoms with Crippen LogP contribution in [0.3, 0.4) is 0 Å². The molecule has 1 heterocycles. The maximum absolute atomic E-state index is 10.7. The highest BCUT2D eigenvalue weighted by Gasteiger charge is 2.02. The molecule has 0 aliphatic carbocycles. The van der Waals surface area contributed by atoms with Crippen LogP contribution in [0.5, 0.6) is 0 Å². The predicted molar refractivity (Wildman–Crippen MR) is 52.1 cm³/mol. The van der Waals surface area contributed by atoms with Crippen molar-refractivity contribution in [3.8, 4) is 0 Å². The summed E-state index contributed by atoms with van der Waals surface area (Å²) in [7, 11) is 1.85. The monoisotopic (exact) mass is 178 g/mol. The van der Waals surface area contributed by atoms with Crippen LogP contribution < -0.4 is 0 Å². The Balaban J connectivity index is 2.91. The molecule has 0 atom stereocenters. The van der Waals surface area contributed by atoms with Gasteiger partial charge in [0.05, 0.1) is 6.20 Å². The molecular weight excluding hydrogens is 164 g/mol. The fourth-order valence-corrected chi connectivity index (χ4v) is 1.04. The van der Waals surface area contributed by atoms with E-state index in [1.807, 2.05) is 33.2 Å². The van der Waals surface area contributed by atoms with Crippen LogP contribution in [0.4, 0.5) is 0 Å². The Morgan fingerprint density at radius 1 is 1.62 bits per heavy atom. The average molecular weight is 178 g/mol. The number of aldehydes is 1. The molecule has 13 heavy (non-hydrogen) atoms. The zero-order valence-corrected chi connectivity index (χ0v) is 8.19. The second-order valence-electron chi connectivity index (χ2n) is 3.36. The van der Waals surface area contributed by atoms with Crippen molar-refractivity contribution in [2.45, 2.75) is 13.8 Å². The molecule has 0 aromatic carbocycles. The van der Waals surface area contributed by atoms with E-state index in [-0.39, 0.29) is 5.92 Å². The van der Waals surface area contributed by atoms with Gasteiger partial charge in [0.25, 0.3) is 0 Å². The molecule has 0 radical (unpaired) electrons. The molecule has 0 aliphatic rings. The molecule has 3 heteroatoms. The van der Waals surface area contributed by atoms with Gasteiger partial charge in [-0.1, -0.05) is 13.8 Å². The van der Waals surface area contributed by atoms with E-state index in [4.69, 9.17) is 0 Å². The highest BCUT2D eigenvalue weighted by molar-refractivity contribution is 5.81. The Kier molecular flexibility index (Phi) is 3.01. The van der Waals surface area contributed by atoms with Gasteiger partial charge in [-0.25, -0.2) is 0 Å². The summed E-state index contributed by atoms with van der Waals surface area (Å²) in [5.74, 6) is 0.262. The van der Waals surface area contributed by atoms with E-state index in [9.17, 15) is 4.79 Å². The summed E-state index contributed by atoms with van der Waals surface area (Å²) < 4.78 is 1.72. The van der Waals surface area contributed by atoms with Gasteiger partial charge in [0.15, 0.2) is 0 Å². The number of carbonyl (C=O) groups excluding carboxylic acids is 1. The summed E-state index contributed by atoms with van der Waals surface area (Å²) in [6.07, 6.45) is 6.39. The van der Waals surface area contributed by atoms with Crippen LogP contribution in [0.25, 0.3) is 6.08 Å². The van der Waals surface area contributed by atoms with Crippen LogP contribution in [-0.4, -0.2) is 16.1 Å². The van der Waals surface area contributed by atoms with Crippen LogP contribution in [0.1, 0.15) is 19.4 Å². The maximum atomic E-state index is 10.7. The van der Waals surface area contributed by atoms with Gasteiger partial charge in [0, 0.05) is 18.8 Å². The second-order valence-corrected chi connectivity index (χ2v) is 3.36. The first-order chi connectivity index (χ1) is 6.13. The van der Waals surface area contributed by atoms with Crippen molar-refractivity contribution in [2.75, 3.05) is 0 Å². The molecule has 0 amide bonds. The number of hydrogen-bond acceptors (Lipinski definition) is 2. The summed E-state index contributed by atoms with van der Waals surface area (Å²) in [4.78, 5) is 10.7. The number of nitrogens with zero attached hydrogens (tertiary/aromatic N) is 2. The molecule has 0 bridgehead atoms. The third-order valence-electron chi connectivity index (χ3n) is 1.86. The number of hydrogen-bond donors (Lipinski definition) is 0. The summed E-state index contributed by atoms with van der Waals surface area (Å²) in [5, 5.41) is 4.02. The predicted octanol–water partition coefficient (Wildman–Crippen LogP) is 1.66. The minimum Gasteiger partial charge on any atom is -0.298 e. The molecule has 0 unspecified atom stereocenters. The fourth-order valence-electron chi connectivity index (χ4n) is 1.04. The molecule has 0 saturated carbocycles. The topological polar surface area (TPSA) is 34.9 Å². The summed E-state index contributed by atoms with van der Waals surface area (Å²) in [6.45, 7) is 3.99.